The fourth-order valence-electron chi connectivity index (χ4n) is 4.09. The van der Waals surface area contributed by atoms with Gasteiger partial charge in [-0.15, -0.1) is 0 Å². The van der Waals surface area contributed by atoms with E-state index in [2.05, 4.69) is 4.90 Å². The number of benzene rings is 1. The number of likely N-dealkylation sites (tertiary alicyclic amines) is 1. The maximum atomic E-state index is 13.5. The molecule has 1 N–H and O–H groups in total. The van der Waals surface area contributed by atoms with Gasteiger partial charge in [0.2, 0.25) is 0 Å². The third-order valence-corrected chi connectivity index (χ3v) is 5.50. The van der Waals surface area contributed by atoms with Gasteiger partial charge in [0.25, 0.3) is 5.56 Å². The second-order valence-electron chi connectivity index (χ2n) is 7.28. The quantitative estimate of drug-likeness (QED) is 0.792. The first-order chi connectivity index (χ1) is 13.6. The molecule has 3 rings (SSSR count). The molecule has 1 aromatic carbocycles. The number of aromatic hydroxyl groups is 1. The number of hydrogen-bond acceptors (Lipinski definition) is 5. The normalized spacial score (nSPS) is 16.1. The SMILES string of the molecule is COCCn1c(C)cc(O)c([C@H](c2ccccc2OC)N2CCCCC2)c1=O. The standard InChI is InChI=1S/C22H30N2O4/c1-16-15-18(25)20(22(26)24(16)13-14-27-2)21(23-11-7-4-8-12-23)17-9-5-6-10-19(17)28-3/h5-6,9-10,15,21,25H,4,7-8,11-14H2,1-3H3/t21-/m0/s1. The van der Waals surface area contributed by atoms with Crippen molar-refractivity contribution in [1.29, 1.82) is 0 Å². The maximum absolute atomic E-state index is 13.5. The molecule has 1 aliphatic rings. The topological polar surface area (TPSA) is 63.9 Å². The Morgan fingerprint density at radius 2 is 1.86 bits per heavy atom. The van der Waals surface area contributed by atoms with Gasteiger partial charge in [-0.2, -0.15) is 0 Å². The van der Waals surface area contributed by atoms with Crippen LogP contribution < -0.4 is 10.3 Å². The summed E-state index contributed by atoms with van der Waals surface area (Å²) in [6.45, 7) is 4.49. The number of piperidine rings is 1. The molecule has 28 heavy (non-hydrogen) atoms. The Bertz CT molecular complexity index is 856. The van der Waals surface area contributed by atoms with Gasteiger partial charge in [0.05, 0.1) is 25.3 Å². The molecule has 1 aromatic heterocycles. The van der Waals surface area contributed by atoms with Crippen molar-refractivity contribution < 1.29 is 14.6 Å². The lowest BCUT2D eigenvalue weighted by Gasteiger charge is -2.36. The van der Waals surface area contributed by atoms with Gasteiger partial charge in [0, 0.05) is 24.9 Å². The van der Waals surface area contributed by atoms with Crippen LogP contribution in [0.3, 0.4) is 0 Å². The molecule has 1 atom stereocenters. The van der Waals surface area contributed by atoms with E-state index in [0.717, 1.165) is 42.9 Å². The molecule has 0 aliphatic carbocycles. The van der Waals surface area contributed by atoms with Crippen molar-refractivity contribution in [2.45, 2.75) is 38.8 Å². The summed E-state index contributed by atoms with van der Waals surface area (Å²) in [5.41, 5.74) is 1.87. The van der Waals surface area contributed by atoms with Gasteiger partial charge in [-0.1, -0.05) is 24.6 Å². The zero-order valence-electron chi connectivity index (χ0n) is 17.0. The smallest absolute Gasteiger partial charge is 0.259 e. The van der Waals surface area contributed by atoms with Gasteiger partial charge in [0.15, 0.2) is 0 Å². The lowest BCUT2D eigenvalue weighted by atomic mass is 9.94. The number of methoxy groups -OCH3 is 2. The lowest BCUT2D eigenvalue weighted by molar-refractivity contribution is 0.176. The summed E-state index contributed by atoms with van der Waals surface area (Å²) >= 11 is 0. The van der Waals surface area contributed by atoms with E-state index < -0.39 is 0 Å². The first-order valence-electron chi connectivity index (χ1n) is 9.87. The van der Waals surface area contributed by atoms with Crippen LogP contribution in [0.1, 0.15) is 42.1 Å². The molecule has 2 heterocycles. The summed E-state index contributed by atoms with van der Waals surface area (Å²) in [4.78, 5) is 15.7. The molecule has 6 nitrogen and oxygen atoms in total. The number of hydrogen-bond donors (Lipinski definition) is 1. The predicted molar refractivity (Wildman–Crippen MR) is 109 cm³/mol. The minimum absolute atomic E-state index is 0.0395. The Balaban J connectivity index is 2.19. The van der Waals surface area contributed by atoms with Gasteiger partial charge in [-0.3, -0.25) is 9.69 Å². The van der Waals surface area contributed by atoms with Crippen LogP contribution in [0.15, 0.2) is 35.1 Å². The third kappa shape index (κ3) is 4.08. The second kappa shape index (κ2) is 9.26. The van der Waals surface area contributed by atoms with E-state index in [-0.39, 0.29) is 17.4 Å². The Kier molecular flexibility index (Phi) is 6.75. The van der Waals surface area contributed by atoms with Gasteiger partial charge >= 0.3 is 0 Å². The summed E-state index contributed by atoms with van der Waals surface area (Å²) in [5.74, 6) is 0.763. The van der Waals surface area contributed by atoms with Crippen molar-refractivity contribution in [3.63, 3.8) is 0 Å². The Morgan fingerprint density at radius 1 is 1.14 bits per heavy atom. The zero-order chi connectivity index (χ0) is 20.1. The van der Waals surface area contributed by atoms with Crippen LogP contribution in [0.4, 0.5) is 0 Å². The molecular weight excluding hydrogens is 356 g/mol. The monoisotopic (exact) mass is 386 g/mol. The van der Waals surface area contributed by atoms with Crippen LogP contribution >= 0.6 is 0 Å². The van der Waals surface area contributed by atoms with E-state index in [9.17, 15) is 9.90 Å². The highest BCUT2D eigenvalue weighted by molar-refractivity contribution is 5.46. The number of nitrogens with zero attached hydrogens (tertiary/aromatic N) is 2. The number of aromatic nitrogens is 1. The highest BCUT2D eigenvalue weighted by atomic mass is 16.5. The molecule has 0 bridgehead atoms. The lowest BCUT2D eigenvalue weighted by Crippen LogP contribution is -2.39. The number of rotatable bonds is 7. The third-order valence-electron chi connectivity index (χ3n) is 5.50. The highest BCUT2D eigenvalue weighted by Crippen LogP contribution is 2.38. The van der Waals surface area contributed by atoms with Crippen LogP contribution in [0.25, 0.3) is 0 Å². The molecule has 152 valence electrons. The molecule has 6 heteroatoms. The molecule has 0 unspecified atom stereocenters. The van der Waals surface area contributed by atoms with Crippen molar-refractivity contribution in [2.24, 2.45) is 0 Å². The molecule has 1 aliphatic heterocycles. The average Bonchev–Trinajstić information content (AvgIpc) is 2.71. The number of aryl methyl sites for hydroxylation is 1. The molecule has 0 spiro atoms. The van der Waals surface area contributed by atoms with Crippen molar-refractivity contribution in [1.82, 2.24) is 9.47 Å². The van der Waals surface area contributed by atoms with Crippen LogP contribution in [-0.4, -0.2) is 48.5 Å². The van der Waals surface area contributed by atoms with E-state index in [0.29, 0.717) is 18.7 Å². The minimum Gasteiger partial charge on any atom is -0.507 e. The fraction of sp³-hybridized carbons (Fsp3) is 0.500. The van der Waals surface area contributed by atoms with Gasteiger partial charge < -0.3 is 19.1 Å². The van der Waals surface area contributed by atoms with Crippen LogP contribution in [0, 0.1) is 6.92 Å². The average molecular weight is 386 g/mol. The van der Waals surface area contributed by atoms with Crippen LogP contribution in [0.5, 0.6) is 11.5 Å². The predicted octanol–water partition coefficient (Wildman–Crippen LogP) is 3.09. The minimum atomic E-state index is -0.349. The first-order valence-corrected chi connectivity index (χ1v) is 9.87. The Morgan fingerprint density at radius 3 is 2.54 bits per heavy atom. The van der Waals surface area contributed by atoms with Crippen molar-refractivity contribution >= 4 is 0 Å². The molecule has 2 aromatic rings. The van der Waals surface area contributed by atoms with E-state index >= 15 is 0 Å². The van der Waals surface area contributed by atoms with Crippen molar-refractivity contribution in [3.8, 4) is 11.5 Å². The van der Waals surface area contributed by atoms with E-state index in [1.54, 1.807) is 24.9 Å². The van der Waals surface area contributed by atoms with E-state index in [1.807, 2.05) is 31.2 Å². The van der Waals surface area contributed by atoms with Crippen molar-refractivity contribution in [3.05, 3.63) is 57.5 Å². The molecule has 0 saturated carbocycles. The van der Waals surface area contributed by atoms with Gasteiger partial charge in [-0.05, 0) is 45.0 Å². The molecule has 1 saturated heterocycles. The largest absolute Gasteiger partial charge is 0.507 e. The van der Waals surface area contributed by atoms with E-state index in [4.69, 9.17) is 9.47 Å². The maximum Gasteiger partial charge on any atom is 0.259 e. The fourth-order valence-corrected chi connectivity index (χ4v) is 4.09. The number of ether oxygens (including phenoxy) is 2. The summed E-state index contributed by atoms with van der Waals surface area (Å²) in [6, 6.07) is 9.08. The summed E-state index contributed by atoms with van der Waals surface area (Å²) in [7, 11) is 3.25. The number of pyridine rings is 1. The molecular formula is C22H30N2O4. The van der Waals surface area contributed by atoms with Crippen LogP contribution in [0.2, 0.25) is 0 Å². The summed E-state index contributed by atoms with van der Waals surface area (Å²) < 4.78 is 12.5. The van der Waals surface area contributed by atoms with Gasteiger partial charge in [0.1, 0.15) is 11.5 Å². The van der Waals surface area contributed by atoms with Gasteiger partial charge in [-0.25, -0.2) is 0 Å². The second-order valence-corrected chi connectivity index (χ2v) is 7.28. The molecule has 1 fully saturated rings. The van der Waals surface area contributed by atoms with Crippen LogP contribution in [-0.2, 0) is 11.3 Å². The Labute approximate surface area is 166 Å². The highest BCUT2D eigenvalue weighted by Gasteiger charge is 2.31. The molecule has 0 radical (unpaired) electrons. The zero-order valence-corrected chi connectivity index (χ0v) is 17.0. The number of para-hydroxylation sites is 1. The summed E-state index contributed by atoms with van der Waals surface area (Å²) in [6.07, 6.45) is 3.35. The molecule has 0 amide bonds. The van der Waals surface area contributed by atoms with Crippen molar-refractivity contribution in [2.75, 3.05) is 33.9 Å². The summed E-state index contributed by atoms with van der Waals surface area (Å²) in [5, 5.41) is 10.8. The Hall–Kier alpha value is -2.31. The first kappa shape index (κ1) is 20.4. The van der Waals surface area contributed by atoms with E-state index in [1.165, 1.54) is 6.42 Å².